The molecule has 1 amide bonds. The lowest BCUT2D eigenvalue weighted by Crippen LogP contribution is -2.31. The summed E-state index contributed by atoms with van der Waals surface area (Å²) in [5.74, 6) is 2.06. The predicted molar refractivity (Wildman–Crippen MR) is 145 cm³/mol. The second-order valence-corrected chi connectivity index (χ2v) is 9.04. The summed E-state index contributed by atoms with van der Waals surface area (Å²) in [5.41, 5.74) is 3.55. The molecule has 9 nitrogen and oxygen atoms in total. The maximum Gasteiger partial charge on any atom is 0.255 e. The Morgan fingerprint density at radius 2 is 1.76 bits per heavy atom. The van der Waals surface area contributed by atoms with Gasteiger partial charge in [0.2, 0.25) is 5.95 Å². The van der Waals surface area contributed by atoms with Gasteiger partial charge in [0.1, 0.15) is 36.2 Å². The number of nitrogens with zero attached hydrogens (tertiary/aromatic N) is 3. The van der Waals surface area contributed by atoms with Crippen molar-refractivity contribution in [1.29, 1.82) is 0 Å². The zero-order valence-corrected chi connectivity index (χ0v) is 21.8. The summed E-state index contributed by atoms with van der Waals surface area (Å²) in [6.45, 7) is 2.25. The molecule has 0 fully saturated rings. The van der Waals surface area contributed by atoms with Gasteiger partial charge in [-0.25, -0.2) is 4.68 Å². The van der Waals surface area contributed by atoms with Gasteiger partial charge in [-0.15, -0.1) is 0 Å². The summed E-state index contributed by atoms with van der Waals surface area (Å²) in [4.78, 5) is 18.0. The minimum atomic E-state index is -0.511. The molecule has 0 aliphatic carbocycles. The van der Waals surface area contributed by atoms with Crippen LogP contribution in [0, 0.1) is 0 Å². The summed E-state index contributed by atoms with van der Waals surface area (Å²) in [6.07, 6.45) is 1.46. The number of nitrogens with one attached hydrogen (secondary N) is 2. The third-order valence-corrected chi connectivity index (χ3v) is 6.46. The van der Waals surface area contributed by atoms with E-state index in [0.717, 1.165) is 11.1 Å². The number of halogens is 1. The number of methoxy groups -OCH3 is 2. The molecule has 0 bridgehead atoms. The number of carbonyl (C=O) groups is 1. The van der Waals surface area contributed by atoms with Gasteiger partial charge in [0.15, 0.2) is 0 Å². The SMILES string of the molecule is COc1ccc(NC(=O)C2=C(C)Nc3ncnn3[C@H]2c2ccc(OCc3ccc(Cl)cc3)cc2)c(OC)c1. The number of rotatable bonds is 8. The summed E-state index contributed by atoms with van der Waals surface area (Å²) < 4.78 is 18.4. The van der Waals surface area contributed by atoms with E-state index in [9.17, 15) is 4.79 Å². The summed E-state index contributed by atoms with van der Waals surface area (Å²) >= 11 is 5.96. The fourth-order valence-corrected chi connectivity index (χ4v) is 4.40. The summed E-state index contributed by atoms with van der Waals surface area (Å²) in [6, 6.07) is 19.8. The van der Waals surface area contributed by atoms with Gasteiger partial charge in [-0.2, -0.15) is 10.1 Å². The minimum absolute atomic E-state index is 0.298. The first-order valence-corrected chi connectivity index (χ1v) is 12.2. The molecule has 5 rings (SSSR count). The molecule has 1 aliphatic rings. The maximum absolute atomic E-state index is 13.7. The van der Waals surface area contributed by atoms with E-state index in [0.29, 0.717) is 51.8 Å². The highest BCUT2D eigenvalue weighted by Gasteiger charge is 2.33. The molecule has 0 radical (unpaired) electrons. The Kier molecular flexibility index (Phi) is 7.19. The zero-order chi connectivity index (χ0) is 26.6. The largest absolute Gasteiger partial charge is 0.497 e. The first-order chi connectivity index (χ1) is 18.5. The number of carbonyl (C=O) groups excluding carboxylic acids is 1. The lowest BCUT2D eigenvalue weighted by atomic mass is 9.95. The van der Waals surface area contributed by atoms with Crippen LogP contribution in [-0.2, 0) is 11.4 Å². The van der Waals surface area contributed by atoms with Crippen LogP contribution in [0.25, 0.3) is 0 Å². The van der Waals surface area contributed by atoms with Crippen molar-refractivity contribution in [1.82, 2.24) is 14.8 Å². The van der Waals surface area contributed by atoms with Crippen LogP contribution in [0.15, 0.2) is 84.3 Å². The third-order valence-electron chi connectivity index (χ3n) is 6.21. The number of amides is 1. The third kappa shape index (κ3) is 5.14. The first kappa shape index (κ1) is 25.2. The van der Waals surface area contributed by atoms with Crippen molar-refractivity contribution in [3.63, 3.8) is 0 Å². The summed E-state index contributed by atoms with van der Waals surface area (Å²) in [7, 11) is 3.11. The second-order valence-electron chi connectivity index (χ2n) is 8.60. The van der Waals surface area contributed by atoms with Crippen molar-refractivity contribution in [3.05, 3.63) is 100 Å². The van der Waals surface area contributed by atoms with Crippen molar-refractivity contribution in [2.45, 2.75) is 19.6 Å². The molecule has 0 spiro atoms. The molecule has 1 atom stereocenters. The van der Waals surface area contributed by atoms with Crippen molar-refractivity contribution < 1.29 is 19.0 Å². The molecule has 2 N–H and O–H groups in total. The van der Waals surface area contributed by atoms with Crippen LogP contribution >= 0.6 is 11.6 Å². The molecule has 2 heterocycles. The van der Waals surface area contributed by atoms with E-state index in [1.54, 1.807) is 30.0 Å². The van der Waals surface area contributed by atoms with Crippen molar-refractivity contribution in [3.8, 4) is 17.2 Å². The van der Waals surface area contributed by atoms with E-state index in [4.69, 9.17) is 25.8 Å². The average Bonchev–Trinajstić information content (AvgIpc) is 3.40. The lowest BCUT2D eigenvalue weighted by Gasteiger charge is -2.29. The van der Waals surface area contributed by atoms with Crippen LogP contribution in [0.1, 0.15) is 24.1 Å². The van der Waals surface area contributed by atoms with E-state index in [2.05, 4.69) is 20.7 Å². The standard InChI is InChI=1S/C28H26ClN5O4/c1-17-25(27(35)33-23-13-12-22(36-2)14-24(23)37-3)26(34-28(32-17)30-16-31-34)19-6-10-21(11-7-19)38-15-18-4-8-20(29)9-5-18/h4-14,16,26H,15H2,1-3H3,(H,33,35)(H,30,31,32)/t26-/m0/s1. The second kappa shape index (κ2) is 10.9. The highest BCUT2D eigenvalue weighted by molar-refractivity contribution is 6.30. The normalized spacial score (nSPS) is 14.4. The Hall–Kier alpha value is -4.50. The van der Waals surface area contributed by atoms with Crippen LogP contribution < -0.4 is 24.8 Å². The molecule has 1 aromatic heterocycles. The van der Waals surface area contributed by atoms with Gasteiger partial charge in [0, 0.05) is 16.8 Å². The number of ether oxygens (including phenoxy) is 3. The Labute approximate surface area is 225 Å². The van der Waals surface area contributed by atoms with E-state index < -0.39 is 6.04 Å². The van der Waals surface area contributed by atoms with Gasteiger partial charge < -0.3 is 24.8 Å². The van der Waals surface area contributed by atoms with E-state index >= 15 is 0 Å². The van der Waals surface area contributed by atoms with E-state index in [1.807, 2.05) is 55.5 Å². The Morgan fingerprint density at radius 1 is 1.03 bits per heavy atom. The first-order valence-electron chi connectivity index (χ1n) is 11.8. The Bertz CT molecular complexity index is 1480. The molecule has 0 unspecified atom stereocenters. The number of hydrogen-bond acceptors (Lipinski definition) is 7. The predicted octanol–water partition coefficient (Wildman–Crippen LogP) is 5.46. The van der Waals surface area contributed by atoms with Crippen molar-refractivity contribution in [2.24, 2.45) is 0 Å². The molecule has 3 aromatic carbocycles. The highest BCUT2D eigenvalue weighted by atomic mass is 35.5. The van der Waals surface area contributed by atoms with Gasteiger partial charge in [-0.3, -0.25) is 4.79 Å². The zero-order valence-electron chi connectivity index (χ0n) is 21.1. The molecular weight excluding hydrogens is 506 g/mol. The summed E-state index contributed by atoms with van der Waals surface area (Å²) in [5, 5.41) is 11.2. The number of benzene rings is 3. The van der Waals surface area contributed by atoms with Crippen LogP contribution in [0.4, 0.5) is 11.6 Å². The van der Waals surface area contributed by atoms with Gasteiger partial charge in [0.05, 0.1) is 25.5 Å². The number of hydrogen-bond donors (Lipinski definition) is 2. The number of anilines is 2. The Morgan fingerprint density at radius 3 is 2.47 bits per heavy atom. The Balaban J connectivity index is 1.41. The van der Waals surface area contributed by atoms with E-state index in [1.165, 1.54) is 13.4 Å². The topological polar surface area (TPSA) is 99.5 Å². The molecule has 4 aromatic rings. The lowest BCUT2D eigenvalue weighted by molar-refractivity contribution is -0.113. The number of aromatic nitrogens is 3. The monoisotopic (exact) mass is 531 g/mol. The van der Waals surface area contributed by atoms with Crippen LogP contribution in [0.2, 0.25) is 5.02 Å². The van der Waals surface area contributed by atoms with Crippen LogP contribution in [-0.4, -0.2) is 34.9 Å². The molecule has 10 heteroatoms. The molecule has 194 valence electrons. The molecule has 0 saturated carbocycles. The molecule has 1 aliphatic heterocycles. The average molecular weight is 532 g/mol. The minimum Gasteiger partial charge on any atom is -0.497 e. The fraction of sp³-hybridized carbons (Fsp3) is 0.179. The molecule has 38 heavy (non-hydrogen) atoms. The van der Waals surface area contributed by atoms with Gasteiger partial charge in [0.25, 0.3) is 5.91 Å². The fourth-order valence-electron chi connectivity index (χ4n) is 4.28. The van der Waals surface area contributed by atoms with Gasteiger partial charge >= 0.3 is 0 Å². The quantitative estimate of drug-likeness (QED) is 0.311. The van der Waals surface area contributed by atoms with Crippen LogP contribution in [0.3, 0.4) is 0 Å². The molecule has 0 saturated heterocycles. The van der Waals surface area contributed by atoms with Gasteiger partial charge in [-0.05, 0) is 54.4 Å². The van der Waals surface area contributed by atoms with E-state index in [-0.39, 0.29) is 5.91 Å². The van der Waals surface area contributed by atoms with Gasteiger partial charge in [-0.1, -0.05) is 35.9 Å². The highest BCUT2D eigenvalue weighted by Crippen LogP contribution is 2.37. The number of fused-ring (bicyclic) bond motifs is 1. The van der Waals surface area contributed by atoms with Crippen molar-refractivity contribution in [2.75, 3.05) is 24.9 Å². The van der Waals surface area contributed by atoms with Crippen molar-refractivity contribution >= 4 is 29.1 Å². The number of allylic oxidation sites excluding steroid dienone is 1. The van der Waals surface area contributed by atoms with Crippen LogP contribution in [0.5, 0.6) is 17.2 Å². The maximum atomic E-state index is 13.7. The molecular formula is C28H26ClN5O4. The smallest absolute Gasteiger partial charge is 0.255 e.